The summed E-state index contributed by atoms with van der Waals surface area (Å²) in [4.78, 5) is 15.4. The number of sulfonamides is 1. The maximum absolute atomic E-state index is 13.2. The molecule has 150 valence electrons. The van der Waals surface area contributed by atoms with Crippen LogP contribution in [0.1, 0.15) is 61.9 Å². The Balaban J connectivity index is 1.85. The van der Waals surface area contributed by atoms with Gasteiger partial charge in [-0.15, -0.1) is 0 Å². The predicted molar refractivity (Wildman–Crippen MR) is 107 cm³/mol. The molecule has 6 heteroatoms. The average molecular weight is 393 g/mol. The minimum Gasteiger partial charge on any atom is -0.338 e. The van der Waals surface area contributed by atoms with Crippen LogP contribution in [0, 0.1) is 18.8 Å². The first-order valence-electron chi connectivity index (χ1n) is 10.3. The lowest BCUT2D eigenvalue weighted by Crippen LogP contribution is -2.45. The number of rotatable bonds is 5. The van der Waals surface area contributed by atoms with Crippen molar-refractivity contribution in [1.82, 2.24) is 9.21 Å². The molecule has 1 saturated carbocycles. The molecule has 0 N–H and O–H groups in total. The molecule has 5 nitrogen and oxygen atoms in total. The lowest BCUT2D eigenvalue weighted by Gasteiger charge is -2.41. The van der Waals surface area contributed by atoms with Gasteiger partial charge in [0.1, 0.15) is 0 Å². The van der Waals surface area contributed by atoms with E-state index in [0.29, 0.717) is 24.6 Å². The normalized spacial score (nSPS) is 23.3. The first kappa shape index (κ1) is 20.3. The van der Waals surface area contributed by atoms with E-state index in [-0.39, 0.29) is 10.8 Å². The van der Waals surface area contributed by atoms with Crippen LogP contribution in [0.2, 0.25) is 0 Å². The third-order valence-corrected chi connectivity index (χ3v) is 8.41. The van der Waals surface area contributed by atoms with Crippen LogP contribution in [0.25, 0.3) is 0 Å². The summed E-state index contributed by atoms with van der Waals surface area (Å²) < 4.78 is 27.1. The summed E-state index contributed by atoms with van der Waals surface area (Å²) in [6.45, 7) is 7.98. The van der Waals surface area contributed by atoms with Gasteiger partial charge in [-0.3, -0.25) is 4.79 Å². The maximum Gasteiger partial charge on any atom is 0.254 e. The van der Waals surface area contributed by atoms with Crippen molar-refractivity contribution in [2.45, 2.75) is 57.8 Å². The Morgan fingerprint density at radius 3 is 2.44 bits per heavy atom. The van der Waals surface area contributed by atoms with Crippen LogP contribution < -0.4 is 0 Å². The van der Waals surface area contributed by atoms with Crippen molar-refractivity contribution in [3.63, 3.8) is 0 Å². The number of carbonyl (C=O) groups is 1. The van der Waals surface area contributed by atoms with Crippen molar-refractivity contribution in [2.75, 3.05) is 26.2 Å². The Labute approximate surface area is 163 Å². The van der Waals surface area contributed by atoms with E-state index in [2.05, 4.69) is 0 Å². The molecule has 1 aliphatic heterocycles. The zero-order valence-electron chi connectivity index (χ0n) is 16.8. The van der Waals surface area contributed by atoms with Crippen molar-refractivity contribution in [2.24, 2.45) is 11.8 Å². The summed E-state index contributed by atoms with van der Waals surface area (Å²) in [5.74, 6) is 1.35. The Hall–Kier alpha value is -1.40. The van der Waals surface area contributed by atoms with Crippen molar-refractivity contribution in [1.29, 1.82) is 0 Å². The van der Waals surface area contributed by atoms with Gasteiger partial charge in [0, 0.05) is 31.7 Å². The van der Waals surface area contributed by atoms with Crippen LogP contribution in [0.5, 0.6) is 0 Å². The fourth-order valence-corrected chi connectivity index (χ4v) is 6.15. The number of hydrogen-bond donors (Lipinski definition) is 0. The second-order valence-electron chi connectivity index (χ2n) is 7.91. The molecule has 1 aromatic rings. The topological polar surface area (TPSA) is 57.7 Å². The first-order valence-corrected chi connectivity index (χ1v) is 11.7. The Morgan fingerprint density at radius 1 is 1.11 bits per heavy atom. The van der Waals surface area contributed by atoms with Crippen molar-refractivity contribution in [3.05, 3.63) is 29.3 Å². The van der Waals surface area contributed by atoms with E-state index >= 15 is 0 Å². The van der Waals surface area contributed by atoms with Crippen molar-refractivity contribution in [3.8, 4) is 0 Å². The van der Waals surface area contributed by atoms with Gasteiger partial charge in [-0.25, -0.2) is 8.42 Å². The molecule has 3 rings (SSSR count). The van der Waals surface area contributed by atoms with Crippen molar-refractivity contribution < 1.29 is 13.2 Å². The number of piperidine rings is 1. The van der Waals surface area contributed by atoms with E-state index in [1.165, 1.54) is 30.0 Å². The van der Waals surface area contributed by atoms with Gasteiger partial charge >= 0.3 is 0 Å². The van der Waals surface area contributed by atoms with Gasteiger partial charge < -0.3 is 4.90 Å². The standard InChI is InChI=1S/C21H32N2O3S/c1-4-23(5-2)27(25,26)19-11-10-16(3)20(14-19)21(24)22-13-12-17-8-6-7-9-18(17)15-22/h10-11,14,17-18H,4-9,12-13,15H2,1-3H3/t17-,18+/m1/s1. The van der Waals surface area contributed by atoms with Crippen LogP contribution in [0.3, 0.4) is 0 Å². The number of amides is 1. The molecule has 0 spiro atoms. The predicted octanol–water partition coefficient (Wildman–Crippen LogP) is 3.68. The minimum absolute atomic E-state index is 0.0203. The number of benzene rings is 1. The molecule has 0 bridgehead atoms. The Morgan fingerprint density at radius 2 is 1.78 bits per heavy atom. The highest BCUT2D eigenvalue weighted by atomic mass is 32.2. The number of nitrogens with zero attached hydrogens (tertiary/aromatic N) is 2. The molecule has 2 aliphatic rings. The van der Waals surface area contributed by atoms with Crippen molar-refractivity contribution >= 4 is 15.9 Å². The van der Waals surface area contributed by atoms with Gasteiger partial charge in [-0.2, -0.15) is 4.31 Å². The third-order valence-electron chi connectivity index (χ3n) is 6.36. The van der Waals surface area contributed by atoms with Crippen LogP contribution in [-0.2, 0) is 10.0 Å². The average Bonchev–Trinajstić information content (AvgIpc) is 2.68. The fourth-order valence-electron chi connectivity index (χ4n) is 4.66. The van der Waals surface area contributed by atoms with E-state index in [4.69, 9.17) is 0 Å². The number of carbonyl (C=O) groups excluding carboxylic acids is 1. The maximum atomic E-state index is 13.2. The third kappa shape index (κ3) is 4.06. The molecule has 1 heterocycles. The van der Waals surface area contributed by atoms with E-state index < -0.39 is 10.0 Å². The summed E-state index contributed by atoms with van der Waals surface area (Å²) >= 11 is 0. The van der Waals surface area contributed by atoms with Gasteiger partial charge in [0.15, 0.2) is 0 Å². The van der Waals surface area contributed by atoms with Gasteiger partial charge in [-0.05, 0) is 49.3 Å². The molecule has 2 fully saturated rings. The van der Waals surface area contributed by atoms with E-state index in [9.17, 15) is 13.2 Å². The number of hydrogen-bond acceptors (Lipinski definition) is 3. The summed E-state index contributed by atoms with van der Waals surface area (Å²) in [7, 11) is -3.56. The zero-order valence-corrected chi connectivity index (χ0v) is 17.6. The first-order chi connectivity index (χ1) is 12.9. The Bertz CT molecular complexity index is 787. The largest absolute Gasteiger partial charge is 0.338 e. The summed E-state index contributed by atoms with van der Waals surface area (Å²) in [6, 6.07) is 4.96. The monoisotopic (exact) mass is 392 g/mol. The SMILES string of the molecule is CCN(CC)S(=O)(=O)c1ccc(C)c(C(=O)N2CC[C@H]3CCCC[C@H]3C2)c1. The fraction of sp³-hybridized carbons (Fsp3) is 0.667. The lowest BCUT2D eigenvalue weighted by atomic mass is 9.75. The second-order valence-corrected chi connectivity index (χ2v) is 9.85. The molecular weight excluding hydrogens is 360 g/mol. The quantitative estimate of drug-likeness (QED) is 0.768. The molecular formula is C21H32N2O3S. The molecule has 0 aromatic heterocycles. The molecule has 0 radical (unpaired) electrons. The highest BCUT2D eigenvalue weighted by Gasteiger charge is 2.34. The molecule has 1 amide bonds. The van der Waals surface area contributed by atoms with Crippen LogP contribution in [-0.4, -0.2) is 49.7 Å². The Kier molecular flexibility index (Phi) is 6.26. The van der Waals surface area contributed by atoms with E-state index in [1.54, 1.807) is 18.2 Å². The van der Waals surface area contributed by atoms with E-state index in [1.807, 2.05) is 25.7 Å². The molecule has 1 aliphatic carbocycles. The molecule has 1 aromatic carbocycles. The summed E-state index contributed by atoms with van der Waals surface area (Å²) in [5, 5.41) is 0. The van der Waals surface area contributed by atoms with Crippen LogP contribution >= 0.6 is 0 Å². The number of likely N-dealkylation sites (tertiary alicyclic amines) is 1. The highest BCUT2D eigenvalue weighted by molar-refractivity contribution is 7.89. The summed E-state index contributed by atoms with van der Waals surface area (Å²) in [6.07, 6.45) is 6.17. The number of aryl methyl sites for hydroxylation is 1. The minimum atomic E-state index is -3.56. The van der Waals surface area contributed by atoms with E-state index in [0.717, 1.165) is 31.0 Å². The van der Waals surface area contributed by atoms with Gasteiger partial charge in [0.2, 0.25) is 10.0 Å². The van der Waals surface area contributed by atoms with Crippen LogP contribution in [0.15, 0.2) is 23.1 Å². The molecule has 27 heavy (non-hydrogen) atoms. The number of fused-ring (bicyclic) bond motifs is 1. The summed E-state index contributed by atoms with van der Waals surface area (Å²) in [5.41, 5.74) is 1.36. The molecule has 1 saturated heterocycles. The van der Waals surface area contributed by atoms with Gasteiger partial charge in [-0.1, -0.05) is 39.2 Å². The molecule has 0 unspecified atom stereocenters. The lowest BCUT2D eigenvalue weighted by molar-refractivity contribution is 0.0520. The molecule has 2 atom stereocenters. The smallest absolute Gasteiger partial charge is 0.254 e. The second kappa shape index (κ2) is 8.31. The van der Waals surface area contributed by atoms with Crippen LogP contribution in [0.4, 0.5) is 0 Å². The van der Waals surface area contributed by atoms with Gasteiger partial charge in [0.25, 0.3) is 5.91 Å². The highest BCUT2D eigenvalue weighted by Crippen LogP contribution is 2.36. The van der Waals surface area contributed by atoms with Gasteiger partial charge in [0.05, 0.1) is 4.90 Å². The zero-order chi connectivity index (χ0) is 19.6.